The molecule has 3 rings (SSSR count). The predicted octanol–water partition coefficient (Wildman–Crippen LogP) is 3.85. The van der Waals surface area contributed by atoms with Crippen molar-refractivity contribution in [2.45, 2.75) is 27.2 Å². The molecule has 4 atom stereocenters. The van der Waals surface area contributed by atoms with Crippen molar-refractivity contribution in [1.29, 1.82) is 0 Å². The molecule has 0 spiro atoms. The van der Waals surface area contributed by atoms with Gasteiger partial charge < -0.3 is 0 Å². The standard InChI is InChI=1S/C17H20O/c1-12(18)15-13-8-4-5-9-14(13)16(2)10-6-7-11-17(15,16)3/h4-7,9-11,13,15H,8H2,1-3H3. The van der Waals surface area contributed by atoms with Crippen LogP contribution in [0.4, 0.5) is 0 Å². The summed E-state index contributed by atoms with van der Waals surface area (Å²) < 4.78 is 0. The Morgan fingerprint density at radius 3 is 2.67 bits per heavy atom. The zero-order valence-corrected chi connectivity index (χ0v) is 11.3. The number of ketones is 1. The van der Waals surface area contributed by atoms with Crippen LogP contribution in [0.1, 0.15) is 27.2 Å². The first-order valence-corrected chi connectivity index (χ1v) is 6.75. The molecule has 0 aromatic heterocycles. The highest BCUT2D eigenvalue weighted by Crippen LogP contribution is 2.65. The van der Waals surface area contributed by atoms with Crippen molar-refractivity contribution in [2.24, 2.45) is 22.7 Å². The molecule has 0 aromatic rings. The first-order valence-electron chi connectivity index (χ1n) is 6.75. The van der Waals surface area contributed by atoms with Gasteiger partial charge in [-0.25, -0.2) is 0 Å². The molecule has 94 valence electrons. The monoisotopic (exact) mass is 240 g/mol. The smallest absolute Gasteiger partial charge is 0.134 e. The van der Waals surface area contributed by atoms with Gasteiger partial charge in [0.05, 0.1) is 0 Å². The van der Waals surface area contributed by atoms with Crippen LogP contribution in [0.3, 0.4) is 0 Å². The predicted molar refractivity (Wildman–Crippen MR) is 74.0 cm³/mol. The lowest BCUT2D eigenvalue weighted by Gasteiger charge is -2.42. The number of hydrogen-bond donors (Lipinski definition) is 0. The van der Waals surface area contributed by atoms with Crippen LogP contribution in [0.5, 0.6) is 0 Å². The molecule has 4 unspecified atom stereocenters. The number of allylic oxidation sites excluding steroid dienone is 8. The minimum Gasteiger partial charge on any atom is -0.300 e. The van der Waals surface area contributed by atoms with Gasteiger partial charge in [0.25, 0.3) is 0 Å². The van der Waals surface area contributed by atoms with Gasteiger partial charge in [0.15, 0.2) is 0 Å². The second kappa shape index (κ2) is 3.57. The topological polar surface area (TPSA) is 17.1 Å². The van der Waals surface area contributed by atoms with E-state index in [-0.39, 0.29) is 16.7 Å². The Bertz CT molecular complexity index is 520. The van der Waals surface area contributed by atoms with E-state index in [1.165, 1.54) is 5.57 Å². The lowest BCUT2D eigenvalue weighted by Crippen LogP contribution is -2.38. The van der Waals surface area contributed by atoms with Crippen molar-refractivity contribution >= 4 is 5.78 Å². The second-order valence-corrected chi connectivity index (χ2v) is 6.18. The summed E-state index contributed by atoms with van der Waals surface area (Å²) in [6, 6.07) is 0. The second-order valence-electron chi connectivity index (χ2n) is 6.18. The van der Waals surface area contributed by atoms with Crippen LogP contribution >= 0.6 is 0 Å². The average Bonchev–Trinajstić information content (AvgIpc) is 2.54. The van der Waals surface area contributed by atoms with Crippen molar-refractivity contribution < 1.29 is 4.79 Å². The van der Waals surface area contributed by atoms with Gasteiger partial charge >= 0.3 is 0 Å². The molecule has 1 saturated carbocycles. The molecule has 1 fully saturated rings. The Kier molecular flexibility index (Phi) is 2.32. The normalized spacial score (nSPS) is 44.5. The van der Waals surface area contributed by atoms with Crippen LogP contribution in [-0.4, -0.2) is 5.78 Å². The van der Waals surface area contributed by atoms with Gasteiger partial charge in [-0.15, -0.1) is 0 Å². The van der Waals surface area contributed by atoms with Gasteiger partial charge in [0.2, 0.25) is 0 Å². The average molecular weight is 240 g/mol. The first kappa shape index (κ1) is 11.7. The fourth-order valence-corrected chi connectivity index (χ4v) is 4.33. The Morgan fingerprint density at radius 2 is 1.94 bits per heavy atom. The first-order chi connectivity index (χ1) is 8.51. The third-order valence-corrected chi connectivity index (χ3v) is 5.39. The highest BCUT2D eigenvalue weighted by molar-refractivity contribution is 5.82. The molecule has 3 aliphatic carbocycles. The lowest BCUT2D eigenvalue weighted by atomic mass is 9.61. The Labute approximate surface area is 109 Å². The van der Waals surface area contributed by atoms with Gasteiger partial charge in [-0.05, 0) is 19.3 Å². The van der Waals surface area contributed by atoms with E-state index < -0.39 is 0 Å². The van der Waals surface area contributed by atoms with E-state index in [4.69, 9.17) is 0 Å². The molecule has 1 nitrogen and oxygen atoms in total. The van der Waals surface area contributed by atoms with E-state index in [1.54, 1.807) is 6.92 Å². The molecule has 0 N–H and O–H groups in total. The fraction of sp³-hybridized carbons (Fsp3) is 0.471. The van der Waals surface area contributed by atoms with Crippen LogP contribution in [-0.2, 0) is 4.79 Å². The number of Topliss-reactive ketones (excluding diaryl/α,β-unsaturated/α-hetero) is 1. The van der Waals surface area contributed by atoms with Gasteiger partial charge in [0.1, 0.15) is 5.78 Å². The Morgan fingerprint density at radius 1 is 1.22 bits per heavy atom. The molecule has 1 heteroatoms. The minimum atomic E-state index is -0.0733. The largest absolute Gasteiger partial charge is 0.300 e. The maximum Gasteiger partial charge on any atom is 0.134 e. The fourth-order valence-electron chi connectivity index (χ4n) is 4.33. The summed E-state index contributed by atoms with van der Waals surface area (Å²) in [6.45, 7) is 6.29. The summed E-state index contributed by atoms with van der Waals surface area (Å²) in [7, 11) is 0. The molecule has 0 bridgehead atoms. The summed E-state index contributed by atoms with van der Waals surface area (Å²) >= 11 is 0. The van der Waals surface area contributed by atoms with Crippen molar-refractivity contribution in [3.05, 3.63) is 48.1 Å². The van der Waals surface area contributed by atoms with E-state index >= 15 is 0 Å². The number of carbonyl (C=O) groups is 1. The van der Waals surface area contributed by atoms with Crippen LogP contribution in [0.25, 0.3) is 0 Å². The lowest BCUT2D eigenvalue weighted by molar-refractivity contribution is -0.124. The molecular formula is C17H20O. The SMILES string of the molecule is CC(=O)C1C2CC=CC=C2C2(C)C=CC=CC12C. The molecular weight excluding hydrogens is 220 g/mol. The Balaban J connectivity index is 2.23. The van der Waals surface area contributed by atoms with Crippen molar-refractivity contribution in [1.82, 2.24) is 0 Å². The van der Waals surface area contributed by atoms with Crippen LogP contribution in [0.15, 0.2) is 48.1 Å². The van der Waals surface area contributed by atoms with Crippen LogP contribution in [0, 0.1) is 22.7 Å². The van der Waals surface area contributed by atoms with E-state index in [0.29, 0.717) is 11.7 Å². The highest BCUT2D eigenvalue weighted by Gasteiger charge is 2.61. The summed E-state index contributed by atoms with van der Waals surface area (Å²) in [5, 5.41) is 0. The maximum atomic E-state index is 12.2. The van der Waals surface area contributed by atoms with Crippen LogP contribution < -0.4 is 0 Å². The molecule has 3 aliphatic rings. The molecule has 18 heavy (non-hydrogen) atoms. The maximum absolute atomic E-state index is 12.2. The minimum absolute atomic E-state index is 0.00644. The number of carbonyl (C=O) groups excluding carboxylic acids is 1. The van der Waals surface area contributed by atoms with Crippen LogP contribution in [0.2, 0.25) is 0 Å². The number of fused-ring (bicyclic) bond motifs is 3. The summed E-state index contributed by atoms with van der Waals surface area (Å²) in [5.41, 5.74) is 1.36. The van der Waals surface area contributed by atoms with E-state index in [1.807, 2.05) is 0 Å². The van der Waals surface area contributed by atoms with Gasteiger partial charge in [-0.2, -0.15) is 0 Å². The molecule has 0 aromatic carbocycles. The summed E-state index contributed by atoms with van der Waals surface area (Å²) in [6.07, 6.45) is 16.3. The number of hydrogen-bond acceptors (Lipinski definition) is 1. The van der Waals surface area contributed by atoms with Crippen molar-refractivity contribution in [3.8, 4) is 0 Å². The summed E-state index contributed by atoms with van der Waals surface area (Å²) in [5.74, 6) is 0.821. The highest BCUT2D eigenvalue weighted by atomic mass is 16.1. The zero-order chi connectivity index (χ0) is 13.0. The molecule has 0 radical (unpaired) electrons. The van der Waals surface area contributed by atoms with Gasteiger partial charge in [0, 0.05) is 16.7 Å². The van der Waals surface area contributed by atoms with Gasteiger partial charge in [-0.1, -0.05) is 62.0 Å². The summed E-state index contributed by atoms with van der Waals surface area (Å²) in [4.78, 5) is 12.2. The quantitative estimate of drug-likeness (QED) is 0.680. The van der Waals surface area contributed by atoms with E-state index in [9.17, 15) is 4.79 Å². The molecule has 0 aliphatic heterocycles. The van der Waals surface area contributed by atoms with E-state index in [2.05, 4.69) is 56.4 Å². The van der Waals surface area contributed by atoms with Crippen molar-refractivity contribution in [2.75, 3.05) is 0 Å². The molecule has 0 amide bonds. The third-order valence-electron chi connectivity index (χ3n) is 5.39. The number of rotatable bonds is 1. The molecule has 0 saturated heterocycles. The van der Waals surface area contributed by atoms with E-state index in [0.717, 1.165) is 6.42 Å². The van der Waals surface area contributed by atoms with Crippen molar-refractivity contribution in [3.63, 3.8) is 0 Å². The zero-order valence-electron chi connectivity index (χ0n) is 11.3. The molecule has 0 heterocycles. The third kappa shape index (κ3) is 1.20. The Hall–Kier alpha value is -1.37. The van der Waals surface area contributed by atoms with Gasteiger partial charge in [-0.3, -0.25) is 4.79 Å².